The molecular formula is C15H31NO. The summed E-state index contributed by atoms with van der Waals surface area (Å²) < 4.78 is 5.72. The van der Waals surface area contributed by atoms with Crippen molar-refractivity contribution in [3.63, 3.8) is 0 Å². The maximum atomic E-state index is 5.72. The van der Waals surface area contributed by atoms with Crippen LogP contribution in [0.15, 0.2) is 0 Å². The van der Waals surface area contributed by atoms with Gasteiger partial charge in [0.15, 0.2) is 0 Å². The molecule has 0 amide bonds. The first-order valence-electron chi connectivity index (χ1n) is 7.29. The summed E-state index contributed by atoms with van der Waals surface area (Å²) in [6.07, 6.45) is 6.70. The zero-order valence-corrected chi connectivity index (χ0v) is 12.4. The number of ether oxygens (including phenoxy) is 1. The Kier molecular flexibility index (Phi) is 5.94. The maximum absolute atomic E-state index is 5.72. The summed E-state index contributed by atoms with van der Waals surface area (Å²) in [6, 6.07) is 0.496. The minimum Gasteiger partial charge on any atom is -0.377 e. The van der Waals surface area contributed by atoms with E-state index in [1.54, 1.807) is 0 Å². The summed E-state index contributed by atoms with van der Waals surface area (Å²) in [5, 5.41) is 3.73. The van der Waals surface area contributed by atoms with E-state index in [1.807, 2.05) is 7.11 Å². The van der Waals surface area contributed by atoms with Crippen LogP contribution in [0, 0.1) is 11.8 Å². The first-order chi connectivity index (χ1) is 8.01. The van der Waals surface area contributed by atoms with Crippen molar-refractivity contribution in [1.82, 2.24) is 5.32 Å². The highest BCUT2D eigenvalue weighted by molar-refractivity contribution is 4.92. The average Bonchev–Trinajstić information content (AvgIpc) is 2.29. The van der Waals surface area contributed by atoms with Crippen molar-refractivity contribution in [2.75, 3.05) is 13.7 Å². The Morgan fingerprint density at radius 3 is 2.59 bits per heavy atom. The minimum absolute atomic E-state index is 0.0586. The molecule has 2 nitrogen and oxygen atoms in total. The monoisotopic (exact) mass is 241 g/mol. The molecule has 102 valence electrons. The van der Waals surface area contributed by atoms with Crippen LogP contribution in [0.5, 0.6) is 0 Å². The molecule has 1 N–H and O–H groups in total. The van der Waals surface area contributed by atoms with Gasteiger partial charge in [0.05, 0.1) is 5.60 Å². The normalized spacial score (nSPS) is 28.1. The van der Waals surface area contributed by atoms with E-state index in [0.29, 0.717) is 6.04 Å². The summed E-state index contributed by atoms with van der Waals surface area (Å²) in [5.74, 6) is 1.66. The highest BCUT2D eigenvalue weighted by Crippen LogP contribution is 2.35. The summed E-state index contributed by atoms with van der Waals surface area (Å²) in [5.41, 5.74) is -0.0586. The van der Waals surface area contributed by atoms with Gasteiger partial charge in [0.2, 0.25) is 0 Å². The predicted octanol–water partition coefficient (Wildman–Crippen LogP) is 3.61. The average molecular weight is 241 g/mol. The molecule has 0 radical (unpaired) electrons. The second kappa shape index (κ2) is 6.75. The number of methoxy groups -OCH3 is 1. The van der Waals surface area contributed by atoms with E-state index in [2.05, 4.69) is 33.0 Å². The van der Waals surface area contributed by atoms with Crippen LogP contribution in [0.2, 0.25) is 0 Å². The third-order valence-electron chi connectivity index (χ3n) is 4.34. The first kappa shape index (κ1) is 15.0. The van der Waals surface area contributed by atoms with Crippen molar-refractivity contribution in [3.8, 4) is 0 Å². The molecule has 1 saturated carbocycles. The van der Waals surface area contributed by atoms with E-state index >= 15 is 0 Å². The second-order valence-corrected chi connectivity index (χ2v) is 6.27. The van der Waals surface area contributed by atoms with Crippen LogP contribution in [-0.2, 0) is 4.74 Å². The standard InChI is InChI=1S/C15H31NO/c1-6-10-16-14(15(3,4)17-5)13-9-7-8-12(2)11-13/h12-14,16H,6-11H2,1-5H3. The Hall–Kier alpha value is -0.0800. The van der Waals surface area contributed by atoms with E-state index in [9.17, 15) is 0 Å². The lowest BCUT2D eigenvalue weighted by Crippen LogP contribution is -2.53. The van der Waals surface area contributed by atoms with Gasteiger partial charge >= 0.3 is 0 Å². The van der Waals surface area contributed by atoms with Crippen molar-refractivity contribution in [1.29, 1.82) is 0 Å². The lowest BCUT2D eigenvalue weighted by atomic mass is 9.74. The zero-order chi connectivity index (χ0) is 12.9. The van der Waals surface area contributed by atoms with Gasteiger partial charge < -0.3 is 10.1 Å². The molecule has 3 atom stereocenters. The van der Waals surface area contributed by atoms with Crippen molar-refractivity contribution in [2.45, 2.75) is 71.4 Å². The molecule has 0 heterocycles. The molecule has 0 aromatic rings. The number of hydrogen-bond donors (Lipinski definition) is 1. The quantitative estimate of drug-likeness (QED) is 0.767. The zero-order valence-electron chi connectivity index (χ0n) is 12.4. The molecule has 0 bridgehead atoms. The lowest BCUT2D eigenvalue weighted by molar-refractivity contribution is -0.0356. The largest absolute Gasteiger partial charge is 0.377 e. The van der Waals surface area contributed by atoms with Gasteiger partial charge in [0.1, 0.15) is 0 Å². The van der Waals surface area contributed by atoms with Crippen LogP contribution < -0.4 is 5.32 Å². The Morgan fingerprint density at radius 2 is 2.06 bits per heavy atom. The van der Waals surface area contributed by atoms with Crippen molar-refractivity contribution >= 4 is 0 Å². The molecule has 0 aromatic carbocycles. The van der Waals surface area contributed by atoms with Crippen molar-refractivity contribution in [3.05, 3.63) is 0 Å². The third-order valence-corrected chi connectivity index (χ3v) is 4.34. The van der Waals surface area contributed by atoms with Gasteiger partial charge in [0.25, 0.3) is 0 Å². The molecule has 1 rings (SSSR count). The van der Waals surface area contributed by atoms with Crippen molar-refractivity contribution < 1.29 is 4.74 Å². The van der Waals surface area contributed by atoms with Crippen LogP contribution in [-0.4, -0.2) is 25.3 Å². The fraction of sp³-hybridized carbons (Fsp3) is 1.00. The lowest BCUT2D eigenvalue weighted by Gasteiger charge is -2.42. The minimum atomic E-state index is -0.0586. The van der Waals surface area contributed by atoms with E-state index < -0.39 is 0 Å². The van der Waals surface area contributed by atoms with Gasteiger partial charge in [0, 0.05) is 13.2 Å². The Balaban J connectivity index is 2.67. The van der Waals surface area contributed by atoms with E-state index in [4.69, 9.17) is 4.74 Å². The van der Waals surface area contributed by atoms with E-state index in [0.717, 1.165) is 18.4 Å². The summed E-state index contributed by atoms with van der Waals surface area (Å²) >= 11 is 0. The SMILES string of the molecule is CCCNC(C1CCCC(C)C1)C(C)(C)OC. The number of hydrogen-bond acceptors (Lipinski definition) is 2. The molecule has 0 saturated heterocycles. The van der Waals surface area contributed by atoms with Crippen LogP contribution in [0.4, 0.5) is 0 Å². The Bertz CT molecular complexity index is 215. The van der Waals surface area contributed by atoms with Gasteiger partial charge in [-0.25, -0.2) is 0 Å². The smallest absolute Gasteiger partial charge is 0.0777 e. The van der Waals surface area contributed by atoms with Gasteiger partial charge in [-0.1, -0.05) is 26.7 Å². The molecule has 1 fully saturated rings. The Morgan fingerprint density at radius 1 is 1.35 bits per heavy atom. The number of nitrogens with one attached hydrogen (secondary N) is 1. The maximum Gasteiger partial charge on any atom is 0.0777 e. The molecule has 0 aromatic heterocycles. The molecule has 2 heteroatoms. The van der Waals surface area contributed by atoms with E-state index in [-0.39, 0.29) is 5.60 Å². The highest BCUT2D eigenvalue weighted by atomic mass is 16.5. The van der Waals surface area contributed by atoms with Crippen LogP contribution in [0.3, 0.4) is 0 Å². The van der Waals surface area contributed by atoms with Crippen LogP contribution in [0.25, 0.3) is 0 Å². The second-order valence-electron chi connectivity index (χ2n) is 6.27. The Labute approximate surface area is 108 Å². The van der Waals surface area contributed by atoms with Crippen LogP contribution in [0.1, 0.15) is 59.8 Å². The molecule has 1 aliphatic rings. The summed E-state index contributed by atoms with van der Waals surface area (Å²) in [4.78, 5) is 0. The molecule has 0 aliphatic heterocycles. The van der Waals surface area contributed by atoms with Gasteiger partial charge in [-0.05, 0) is 51.5 Å². The molecule has 3 unspecified atom stereocenters. The predicted molar refractivity (Wildman–Crippen MR) is 74.3 cm³/mol. The fourth-order valence-electron chi connectivity index (χ4n) is 3.19. The molecule has 17 heavy (non-hydrogen) atoms. The molecule has 1 aliphatic carbocycles. The van der Waals surface area contributed by atoms with Gasteiger partial charge in [-0.15, -0.1) is 0 Å². The third kappa shape index (κ3) is 4.26. The summed E-state index contributed by atoms with van der Waals surface area (Å²) in [7, 11) is 1.84. The first-order valence-corrected chi connectivity index (χ1v) is 7.29. The van der Waals surface area contributed by atoms with Gasteiger partial charge in [-0.2, -0.15) is 0 Å². The fourth-order valence-corrected chi connectivity index (χ4v) is 3.19. The van der Waals surface area contributed by atoms with Crippen LogP contribution >= 0.6 is 0 Å². The topological polar surface area (TPSA) is 21.3 Å². The van der Waals surface area contributed by atoms with E-state index in [1.165, 1.54) is 32.1 Å². The number of rotatable bonds is 6. The molecule has 0 spiro atoms. The van der Waals surface area contributed by atoms with Crippen molar-refractivity contribution in [2.24, 2.45) is 11.8 Å². The summed E-state index contributed by atoms with van der Waals surface area (Å²) in [6.45, 7) is 10.2. The molecular weight excluding hydrogens is 210 g/mol. The highest BCUT2D eigenvalue weighted by Gasteiger charge is 2.36. The van der Waals surface area contributed by atoms with Gasteiger partial charge in [-0.3, -0.25) is 0 Å².